The molecule has 0 saturated carbocycles. The maximum atomic E-state index is 7.00. The zero-order chi connectivity index (χ0) is 49.7. The number of ether oxygens (including phenoxy) is 1. The Labute approximate surface area is 439 Å². The molecule has 10 aromatic rings. The molecule has 0 fully saturated rings. The van der Waals surface area contributed by atoms with E-state index in [1.807, 2.05) is 30.5 Å². The van der Waals surface area contributed by atoms with E-state index < -0.39 is 5.41 Å². The van der Waals surface area contributed by atoms with Gasteiger partial charge in [-0.15, -0.1) is 35.2 Å². The minimum Gasteiger partial charge on any atom is -0.510 e. The average Bonchev–Trinajstić information content (AvgIpc) is 3.97. The van der Waals surface area contributed by atoms with Crippen molar-refractivity contribution in [3.8, 4) is 39.8 Å². The van der Waals surface area contributed by atoms with Crippen LogP contribution in [0.2, 0.25) is 0 Å². The number of benzene rings is 7. The van der Waals surface area contributed by atoms with Gasteiger partial charge in [0.25, 0.3) is 6.33 Å². The SMILES string of the molecule is Cc1ccc(-[n+]2[c-]n3c4c(cccc42)C2(c4ccc(Oc5[c-]c6c(cc5)c5ccccc5n6-c5ccccn5)[c-]c4-3)c3c(cc(C(C)(C)C)cc3C(C)(C)C)-c3cc(C(C)(C)C)cc(C(C)(C)C)c32)cc1.[Pt]. The summed E-state index contributed by atoms with van der Waals surface area (Å²) in [5.41, 5.74) is 19.2. The number of rotatable bonds is 4. The molecule has 12 rings (SSSR count). The van der Waals surface area contributed by atoms with E-state index in [4.69, 9.17) is 9.72 Å². The molecule has 2 aliphatic rings. The summed E-state index contributed by atoms with van der Waals surface area (Å²) in [7, 11) is 0. The third-order valence-corrected chi connectivity index (χ3v) is 15.2. The first-order valence-corrected chi connectivity index (χ1v) is 25.2. The van der Waals surface area contributed by atoms with Crippen LogP contribution in [0.4, 0.5) is 0 Å². The topological polar surface area (TPSA) is 35.9 Å². The van der Waals surface area contributed by atoms with E-state index in [1.165, 1.54) is 55.6 Å². The van der Waals surface area contributed by atoms with E-state index in [0.29, 0.717) is 11.5 Å². The minimum atomic E-state index is -0.742. The number of imidazole rings is 1. The molecule has 6 heteroatoms. The summed E-state index contributed by atoms with van der Waals surface area (Å²) in [5.74, 6) is 2.03. The molecule has 3 aromatic heterocycles. The maximum Gasteiger partial charge on any atom is 0.268 e. The first-order chi connectivity index (χ1) is 33.6. The van der Waals surface area contributed by atoms with E-state index in [2.05, 4.69) is 231 Å². The van der Waals surface area contributed by atoms with E-state index in [9.17, 15) is 0 Å². The summed E-state index contributed by atoms with van der Waals surface area (Å²) >= 11 is 0. The van der Waals surface area contributed by atoms with Crippen LogP contribution < -0.4 is 9.30 Å². The molecule has 1 aliphatic heterocycles. The van der Waals surface area contributed by atoms with Gasteiger partial charge < -0.3 is 13.9 Å². The van der Waals surface area contributed by atoms with Crippen molar-refractivity contribution >= 4 is 32.8 Å². The number of hydrogen-bond donors (Lipinski definition) is 0. The van der Waals surface area contributed by atoms with Gasteiger partial charge in [-0.25, -0.2) is 4.98 Å². The Kier molecular flexibility index (Phi) is 10.8. The summed E-state index contributed by atoms with van der Waals surface area (Å²) < 4.78 is 13.7. The summed E-state index contributed by atoms with van der Waals surface area (Å²) in [6.07, 6.45) is 5.75. The van der Waals surface area contributed by atoms with Gasteiger partial charge in [-0.1, -0.05) is 173 Å². The number of pyridine rings is 1. The van der Waals surface area contributed by atoms with Crippen LogP contribution >= 0.6 is 0 Å². The van der Waals surface area contributed by atoms with Crippen LogP contribution in [0.5, 0.6) is 11.5 Å². The van der Waals surface area contributed by atoms with Crippen LogP contribution in [0.15, 0.2) is 140 Å². The molecule has 0 amide bonds. The molecule has 5 nitrogen and oxygen atoms in total. The van der Waals surface area contributed by atoms with Crippen LogP contribution in [0.25, 0.3) is 61.2 Å². The van der Waals surface area contributed by atoms with Crippen molar-refractivity contribution in [2.45, 2.75) is 117 Å². The van der Waals surface area contributed by atoms with Crippen molar-refractivity contribution in [3.05, 3.63) is 208 Å². The molecule has 0 bridgehead atoms. The second-order valence-corrected chi connectivity index (χ2v) is 24.2. The van der Waals surface area contributed by atoms with Gasteiger partial charge in [0.2, 0.25) is 0 Å². The van der Waals surface area contributed by atoms with Gasteiger partial charge in [-0.3, -0.25) is 4.57 Å². The largest absolute Gasteiger partial charge is 0.510 e. The van der Waals surface area contributed by atoms with Crippen molar-refractivity contribution in [2.75, 3.05) is 0 Å². The first-order valence-electron chi connectivity index (χ1n) is 25.2. The monoisotopic (exact) mass is 1120 g/mol. The fourth-order valence-electron chi connectivity index (χ4n) is 11.7. The molecular formula is C66H62N4OPt-2. The number of nitrogens with zero attached hydrogens (tertiary/aromatic N) is 4. The molecule has 0 unspecified atom stereocenters. The van der Waals surface area contributed by atoms with Crippen molar-refractivity contribution in [2.24, 2.45) is 0 Å². The molecule has 7 aromatic carbocycles. The Morgan fingerprint density at radius 2 is 1.18 bits per heavy atom. The normalized spacial score (nSPS) is 13.9. The third-order valence-electron chi connectivity index (χ3n) is 15.2. The van der Waals surface area contributed by atoms with E-state index in [1.54, 1.807) is 0 Å². The summed E-state index contributed by atoms with van der Waals surface area (Å²) in [6, 6.07) is 56.7. The number of fused-ring (bicyclic) bond motifs is 12. The molecule has 1 aliphatic carbocycles. The zero-order valence-electron chi connectivity index (χ0n) is 43.8. The molecule has 0 radical (unpaired) electrons. The van der Waals surface area contributed by atoms with Gasteiger partial charge in [-0.05, 0) is 120 Å². The predicted octanol–water partition coefficient (Wildman–Crippen LogP) is 15.8. The van der Waals surface area contributed by atoms with Crippen LogP contribution in [0, 0.1) is 25.4 Å². The quantitative estimate of drug-likeness (QED) is 0.130. The Morgan fingerprint density at radius 1 is 0.569 bits per heavy atom. The predicted molar refractivity (Wildman–Crippen MR) is 290 cm³/mol. The van der Waals surface area contributed by atoms with Crippen molar-refractivity contribution in [1.82, 2.24) is 14.1 Å². The van der Waals surface area contributed by atoms with Gasteiger partial charge in [0.05, 0.1) is 16.7 Å². The first kappa shape index (κ1) is 47.8. The number of aryl methyl sites for hydroxylation is 1. The second kappa shape index (κ2) is 16.2. The van der Waals surface area contributed by atoms with Crippen molar-refractivity contribution in [1.29, 1.82) is 0 Å². The number of aromatic nitrogens is 4. The van der Waals surface area contributed by atoms with Crippen LogP contribution in [-0.2, 0) is 48.1 Å². The molecule has 0 saturated heterocycles. The van der Waals surface area contributed by atoms with Crippen molar-refractivity contribution in [3.63, 3.8) is 0 Å². The summed E-state index contributed by atoms with van der Waals surface area (Å²) in [6.45, 7) is 30.6. The van der Waals surface area contributed by atoms with E-state index >= 15 is 0 Å². The van der Waals surface area contributed by atoms with Gasteiger partial charge >= 0.3 is 0 Å². The average molecular weight is 1120 g/mol. The third kappa shape index (κ3) is 7.12. The smallest absolute Gasteiger partial charge is 0.268 e. The van der Waals surface area contributed by atoms with Gasteiger partial charge in [0.15, 0.2) is 0 Å². The van der Waals surface area contributed by atoms with Crippen LogP contribution in [0.3, 0.4) is 0 Å². The molecule has 72 heavy (non-hydrogen) atoms. The van der Waals surface area contributed by atoms with E-state index in [-0.39, 0.29) is 42.7 Å². The zero-order valence-corrected chi connectivity index (χ0v) is 46.1. The molecule has 364 valence electrons. The van der Waals surface area contributed by atoms with E-state index in [0.717, 1.165) is 55.6 Å². The Bertz CT molecular complexity index is 3740. The second-order valence-electron chi connectivity index (χ2n) is 24.2. The molecule has 0 N–H and O–H groups in total. The minimum absolute atomic E-state index is 0. The molecule has 0 atom stereocenters. The maximum absolute atomic E-state index is 7.00. The fourth-order valence-corrected chi connectivity index (χ4v) is 11.7. The summed E-state index contributed by atoms with van der Waals surface area (Å²) in [4.78, 5) is 4.78. The van der Waals surface area contributed by atoms with Gasteiger partial charge in [-0.2, -0.15) is 12.1 Å². The summed E-state index contributed by atoms with van der Waals surface area (Å²) in [5, 5.41) is 2.23. The molecule has 1 spiro atoms. The fraction of sp³-hybridized carbons (Fsp3) is 0.273. The number of para-hydroxylation sites is 2. The Balaban J connectivity index is 0.00000560. The molecular weight excluding hydrogens is 1060 g/mol. The van der Waals surface area contributed by atoms with Crippen LogP contribution in [-0.4, -0.2) is 14.1 Å². The molecule has 4 heterocycles. The standard InChI is InChI=1S/C66H62N4O.Pt/c1-40-24-26-43(27-25-40)68-39-69-57-38-45(71-44-28-30-47-46-19-14-15-21-54(46)70(56(47)37-44)58-23-16-17-32-67-58)29-31-50(57)66(51-20-18-22-55(68)61(51)69)59-48(33-41(62(2,3)4)35-52(59)64(8,9)10)49-34-42(63(5,6)7)36-53(60(49)66)65(11,12)13;/h14-36H,1-13H3;/q-2;. The Morgan fingerprint density at radius 3 is 1.79 bits per heavy atom. The van der Waals surface area contributed by atoms with Crippen LogP contribution in [0.1, 0.15) is 133 Å². The van der Waals surface area contributed by atoms with Gasteiger partial charge in [0.1, 0.15) is 5.82 Å². The number of hydrogen-bond acceptors (Lipinski definition) is 2. The van der Waals surface area contributed by atoms with Crippen molar-refractivity contribution < 1.29 is 30.4 Å². The van der Waals surface area contributed by atoms with Gasteiger partial charge in [0, 0.05) is 49.7 Å². The Hall–Kier alpha value is -6.55.